The van der Waals surface area contributed by atoms with Crippen LogP contribution in [0.15, 0.2) is 35.7 Å². The molecule has 3 amide bonds. The fourth-order valence-electron chi connectivity index (χ4n) is 7.49. The smallest absolute Gasteiger partial charge is 0.246 e. The van der Waals surface area contributed by atoms with Gasteiger partial charge >= 0.3 is 0 Å². The first-order valence-corrected chi connectivity index (χ1v) is 16.1. The lowest BCUT2D eigenvalue weighted by atomic mass is 9.73. The van der Waals surface area contributed by atoms with Crippen LogP contribution in [-0.2, 0) is 14.4 Å². The Balaban J connectivity index is 1.37. The van der Waals surface area contributed by atoms with E-state index in [1.807, 2.05) is 22.2 Å². The molecular weight excluding hydrogens is 528 g/mol. The second-order valence-corrected chi connectivity index (χ2v) is 13.6. The summed E-state index contributed by atoms with van der Waals surface area (Å²) in [6.45, 7) is 14.2. The van der Waals surface area contributed by atoms with Gasteiger partial charge in [0.1, 0.15) is 11.6 Å². The number of piperidine rings is 1. The van der Waals surface area contributed by atoms with E-state index in [4.69, 9.17) is 0 Å². The van der Waals surface area contributed by atoms with Crippen LogP contribution in [0.2, 0.25) is 0 Å². The maximum absolute atomic E-state index is 13.8. The number of hydrogen-bond donors (Lipinski definition) is 2. The zero-order valence-corrected chi connectivity index (χ0v) is 26.2. The van der Waals surface area contributed by atoms with E-state index in [1.54, 1.807) is 0 Å². The molecule has 42 heavy (non-hydrogen) atoms. The fourth-order valence-corrected chi connectivity index (χ4v) is 7.49. The molecule has 1 aliphatic carbocycles. The van der Waals surface area contributed by atoms with Crippen LogP contribution >= 0.6 is 0 Å². The maximum Gasteiger partial charge on any atom is 0.246 e. The molecule has 0 bridgehead atoms. The van der Waals surface area contributed by atoms with Crippen LogP contribution in [-0.4, -0.2) is 86.9 Å². The monoisotopic (exact) mass is 578 g/mol. The van der Waals surface area contributed by atoms with E-state index in [2.05, 4.69) is 67.2 Å². The van der Waals surface area contributed by atoms with Gasteiger partial charge in [-0.25, -0.2) is 0 Å². The number of rotatable bonds is 9. The standard InChI is InChI=1S/C33H50N6O3/c1-6-7-16-39-29(40)27(19-23(2)3)36-30(41)33(39)12-17-37(18-13-33)28(26-21-34-35-22-26)25-10-11-32(5,24(4)20-25)31(42)38-14-8-9-15-38/h10,20-23,27-28H,6-9,11-19H2,1-5H3,(H,34,35)(H,36,41)/t27-,28?,32?/m0/s1. The van der Waals surface area contributed by atoms with E-state index in [0.29, 0.717) is 51.2 Å². The van der Waals surface area contributed by atoms with Gasteiger partial charge in [-0.1, -0.05) is 44.9 Å². The van der Waals surface area contributed by atoms with Gasteiger partial charge in [0.25, 0.3) is 0 Å². The Morgan fingerprint density at radius 1 is 1.14 bits per heavy atom. The number of amides is 3. The maximum atomic E-state index is 13.8. The van der Waals surface area contributed by atoms with Crippen LogP contribution in [0.3, 0.4) is 0 Å². The summed E-state index contributed by atoms with van der Waals surface area (Å²) in [6, 6.07) is -0.475. The van der Waals surface area contributed by atoms with Gasteiger partial charge in [-0.05, 0) is 70.3 Å². The minimum Gasteiger partial charge on any atom is -0.342 e. The summed E-state index contributed by atoms with van der Waals surface area (Å²) in [5.41, 5.74) is 2.01. The molecule has 0 saturated carbocycles. The molecule has 1 aromatic heterocycles. The van der Waals surface area contributed by atoms with E-state index < -0.39 is 17.0 Å². The van der Waals surface area contributed by atoms with E-state index in [-0.39, 0.29) is 23.8 Å². The van der Waals surface area contributed by atoms with Gasteiger partial charge in [0.2, 0.25) is 17.7 Å². The number of hydrogen-bond acceptors (Lipinski definition) is 5. The van der Waals surface area contributed by atoms with Gasteiger partial charge in [-0.15, -0.1) is 0 Å². The zero-order valence-electron chi connectivity index (χ0n) is 26.2. The van der Waals surface area contributed by atoms with Crippen molar-refractivity contribution in [1.29, 1.82) is 0 Å². The van der Waals surface area contributed by atoms with Crippen LogP contribution in [0.1, 0.15) is 97.6 Å². The molecular formula is C33H50N6O3. The number of nitrogens with zero attached hydrogens (tertiary/aromatic N) is 4. The lowest BCUT2D eigenvalue weighted by Gasteiger charge is -2.53. The molecule has 3 aliphatic heterocycles. The Morgan fingerprint density at radius 2 is 1.86 bits per heavy atom. The van der Waals surface area contributed by atoms with Crippen molar-refractivity contribution in [2.45, 2.75) is 104 Å². The largest absolute Gasteiger partial charge is 0.342 e. The second kappa shape index (κ2) is 12.3. The third kappa shape index (κ3) is 5.56. The number of H-pyrrole nitrogens is 1. The summed E-state index contributed by atoms with van der Waals surface area (Å²) >= 11 is 0. The number of aromatic amines is 1. The Labute approximate surface area is 251 Å². The predicted octanol–water partition coefficient (Wildman–Crippen LogP) is 4.36. The van der Waals surface area contributed by atoms with Crippen molar-refractivity contribution in [3.8, 4) is 0 Å². The first kappa shape index (κ1) is 30.5. The van der Waals surface area contributed by atoms with Crippen molar-refractivity contribution in [1.82, 2.24) is 30.2 Å². The van der Waals surface area contributed by atoms with E-state index in [9.17, 15) is 14.4 Å². The normalized spacial score (nSPS) is 27.3. The average molecular weight is 579 g/mol. The van der Waals surface area contributed by atoms with Crippen LogP contribution in [0.4, 0.5) is 0 Å². The highest BCUT2D eigenvalue weighted by Gasteiger charge is 2.54. The molecule has 4 aliphatic rings. The number of unbranched alkanes of at least 4 members (excludes halogenated alkanes) is 1. The molecule has 1 spiro atoms. The molecule has 2 N–H and O–H groups in total. The number of carbonyl (C=O) groups is 3. The summed E-state index contributed by atoms with van der Waals surface area (Å²) in [5, 5.41) is 10.4. The van der Waals surface area contributed by atoms with Gasteiger partial charge in [-0.3, -0.25) is 24.4 Å². The molecule has 230 valence electrons. The molecule has 4 heterocycles. The Morgan fingerprint density at radius 3 is 2.45 bits per heavy atom. The first-order chi connectivity index (χ1) is 20.1. The van der Waals surface area contributed by atoms with Crippen molar-refractivity contribution < 1.29 is 14.4 Å². The molecule has 9 heteroatoms. The van der Waals surface area contributed by atoms with Crippen molar-refractivity contribution >= 4 is 17.7 Å². The molecule has 0 radical (unpaired) electrons. The minimum atomic E-state index is -0.801. The summed E-state index contributed by atoms with van der Waals surface area (Å²) < 4.78 is 0. The topological polar surface area (TPSA) is 102 Å². The van der Waals surface area contributed by atoms with Gasteiger partial charge in [0, 0.05) is 44.5 Å². The second-order valence-electron chi connectivity index (χ2n) is 13.6. The molecule has 3 saturated heterocycles. The SMILES string of the molecule is CCCCN1C(=O)[C@H](CC(C)C)NC(=O)C12CCN(C(C1=CCC(C)(C(=O)N3CCCC3)C(C)=C1)c1cn[nH]c1)CC2. The number of nitrogens with one attached hydrogen (secondary N) is 2. The van der Waals surface area contributed by atoms with Crippen LogP contribution in [0, 0.1) is 11.3 Å². The predicted molar refractivity (Wildman–Crippen MR) is 163 cm³/mol. The van der Waals surface area contributed by atoms with Crippen molar-refractivity contribution in [2.24, 2.45) is 11.3 Å². The fraction of sp³-hybridized carbons (Fsp3) is 0.697. The molecule has 3 atom stereocenters. The van der Waals surface area contributed by atoms with Crippen LogP contribution < -0.4 is 5.32 Å². The molecule has 2 unspecified atom stereocenters. The highest BCUT2D eigenvalue weighted by molar-refractivity contribution is 6.00. The Kier molecular flexibility index (Phi) is 8.97. The third-order valence-corrected chi connectivity index (χ3v) is 10.3. The molecule has 0 aromatic carbocycles. The lowest BCUT2D eigenvalue weighted by molar-refractivity contribution is -0.162. The van der Waals surface area contributed by atoms with E-state index >= 15 is 0 Å². The Hall–Kier alpha value is -2.94. The van der Waals surface area contributed by atoms with Gasteiger partial charge < -0.3 is 15.1 Å². The van der Waals surface area contributed by atoms with Crippen molar-refractivity contribution in [3.63, 3.8) is 0 Å². The number of carbonyl (C=O) groups excluding carboxylic acids is 3. The van der Waals surface area contributed by atoms with E-state index in [0.717, 1.165) is 49.9 Å². The molecule has 1 aromatic rings. The summed E-state index contributed by atoms with van der Waals surface area (Å²) in [7, 11) is 0. The Bertz CT molecular complexity index is 1210. The van der Waals surface area contributed by atoms with E-state index in [1.165, 1.54) is 5.57 Å². The van der Waals surface area contributed by atoms with Crippen LogP contribution in [0.25, 0.3) is 0 Å². The van der Waals surface area contributed by atoms with Crippen LogP contribution in [0.5, 0.6) is 0 Å². The summed E-state index contributed by atoms with van der Waals surface area (Å²) in [5.74, 6) is 0.644. The summed E-state index contributed by atoms with van der Waals surface area (Å²) in [6.07, 6.45) is 14.8. The highest BCUT2D eigenvalue weighted by atomic mass is 16.2. The van der Waals surface area contributed by atoms with Gasteiger partial charge in [-0.2, -0.15) is 5.10 Å². The quantitative estimate of drug-likeness (QED) is 0.453. The number of piperazine rings is 1. The van der Waals surface area contributed by atoms with Crippen molar-refractivity contribution in [3.05, 3.63) is 41.3 Å². The first-order valence-electron chi connectivity index (χ1n) is 16.1. The lowest BCUT2D eigenvalue weighted by Crippen LogP contribution is -2.73. The highest BCUT2D eigenvalue weighted by Crippen LogP contribution is 2.44. The molecule has 5 rings (SSSR count). The molecule has 3 fully saturated rings. The number of allylic oxidation sites excluding steroid dienone is 1. The zero-order chi connectivity index (χ0) is 30.1. The third-order valence-electron chi connectivity index (χ3n) is 10.3. The number of likely N-dealkylation sites (tertiary alicyclic amines) is 2. The summed E-state index contributed by atoms with van der Waals surface area (Å²) in [4.78, 5) is 47.4. The molecule has 9 nitrogen and oxygen atoms in total. The average Bonchev–Trinajstić information content (AvgIpc) is 3.70. The number of aromatic nitrogens is 2. The van der Waals surface area contributed by atoms with Gasteiger partial charge in [0.05, 0.1) is 17.7 Å². The minimum absolute atomic E-state index is 0.00665. The van der Waals surface area contributed by atoms with Crippen molar-refractivity contribution in [2.75, 3.05) is 32.7 Å². The van der Waals surface area contributed by atoms with Gasteiger partial charge in [0.15, 0.2) is 0 Å².